The van der Waals surface area contributed by atoms with Gasteiger partial charge in [0, 0.05) is 25.9 Å². The van der Waals surface area contributed by atoms with Crippen molar-refractivity contribution < 1.29 is 19.4 Å². The molecule has 0 unspecified atom stereocenters. The molecule has 1 aromatic carbocycles. The number of carbonyl (C=O) groups is 1. The Hall–Kier alpha value is -1.79. The van der Waals surface area contributed by atoms with Gasteiger partial charge in [-0.15, -0.1) is 0 Å². The van der Waals surface area contributed by atoms with Crippen molar-refractivity contribution in [2.45, 2.75) is 6.42 Å². The van der Waals surface area contributed by atoms with Gasteiger partial charge in [0.15, 0.2) is 0 Å². The van der Waals surface area contributed by atoms with E-state index in [9.17, 15) is 4.79 Å². The number of nitrogens with two attached hydrogens (primary N) is 1. The minimum absolute atomic E-state index is 0.217. The van der Waals surface area contributed by atoms with Crippen molar-refractivity contribution in [1.29, 1.82) is 0 Å². The molecule has 1 aromatic rings. The van der Waals surface area contributed by atoms with Crippen LogP contribution >= 0.6 is 0 Å². The summed E-state index contributed by atoms with van der Waals surface area (Å²) in [6.45, 7) is 2.36. The fourth-order valence-electron chi connectivity index (χ4n) is 1.54. The molecule has 0 radical (unpaired) electrons. The Bertz CT molecular complexity index is 410. The molecule has 1 rings (SSSR count). The molecule has 0 aliphatic rings. The highest BCUT2D eigenvalue weighted by Crippen LogP contribution is 2.19. The maximum atomic E-state index is 11.0. The molecule has 4 N–H and O–H groups in total. The number of methoxy groups -OCH3 is 1. The Morgan fingerprint density at radius 1 is 1.37 bits per heavy atom. The molecule has 0 aromatic heterocycles. The van der Waals surface area contributed by atoms with Crippen molar-refractivity contribution in [3.63, 3.8) is 0 Å². The molecular formula is C13H20N2O4. The zero-order valence-electron chi connectivity index (χ0n) is 11.0. The largest absolute Gasteiger partial charge is 0.478 e. The van der Waals surface area contributed by atoms with Crippen LogP contribution in [0.1, 0.15) is 16.8 Å². The van der Waals surface area contributed by atoms with Gasteiger partial charge in [0.2, 0.25) is 0 Å². The molecule has 6 heteroatoms. The van der Waals surface area contributed by atoms with Crippen LogP contribution in [0, 0.1) is 0 Å². The van der Waals surface area contributed by atoms with Gasteiger partial charge in [-0.1, -0.05) is 0 Å². The fourth-order valence-corrected chi connectivity index (χ4v) is 1.54. The highest BCUT2D eigenvalue weighted by molar-refractivity contribution is 5.95. The van der Waals surface area contributed by atoms with Crippen LogP contribution < -0.4 is 11.1 Å². The van der Waals surface area contributed by atoms with Gasteiger partial charge in [-0.05, 0) is 24.6 Å². The normalized spacial score (nSPS) is 10.4. The zero-order valence-corrected chi connectivity index (χ0v) is 11.0. The molecule has 0 amide bonds. The third-order valence-electron chi connectivity index (χ3n) is 2.49. The Balaban J connectivity index is 2.36. The molecule has 0 spiro atoms. The van der Waals surface area contributed by atoms with E-state index in [0.717, 1.165) is 6.42 Å². The molecule has 0 fully saturated rings. The lowest BCUT2D eigenvalue weighted by Gasteiger charge is -2.10. The van der Waals surface area contributed by atoms with Crippen molar-refractivity contribution in [2.75, 3.05) is 44.5 Å². The van der Waals surface area contributed by atoms with Crippen LogP contribution in [0.4, 0.5) is 11.4 Å². The molecular weight excluding hydrogens is 248 g/mol. The first-order chi connectivity index (χ1) is 9.15. The maximum absolute atomic E-state index is 11.0. The Kier molecular flexibility index (Phi) is 6.70. The van der Waals surface area contributed by atoms with Crippen LogP contribution in [-0.2, 0) is 9.47 Å². The van der Waals surface area contributed by atoms with Gasteiger partial charge < -0.3 is 25.6 Å². The molecule has 0 atom stereocenters. The number of carboxylic acid groups (broad SMARTS) is 1. The standard InChI is InChI=1S/C13H20N2O4/c1-18-7-8-19-6-2-5-15-12-9-10(14)3-4-11(12)13(16)17/h3-4,9,15H,2,5-8,14H2,1H3,(H,16,17). The molecule has 0 bridgehead atoms. The number of anilines is 2. The maximum Gasteiger partial charge on any atom is 0.337 e. The van der Waals surface area contributed by atoms with E-state index in [1.165, 1.54) is 6.07 Å². The highest BCUT2D eigenvalue weighted by Gasteiger charge is 2.09. The van der Waals surface area contributed by atoms with Crippen LogP contribution in [-0.4, -0.2) is 44.6 Å². The fraction of sp³-hybridized carbons (Fsp3) is 0.462. The molecule has 0 saturated carbocycles. The van der Waals surface area contributed by atoms with Crippen LogP contribution in [0.15, 0.2) is 18.2 Å². The minimum atomic E-state index is -0.973. The second-order valence-corrected chi connectivity index (χ2v) is 4.00. The third kappa shape index (κ3) is 5.58. The number of ether oxygens (including phenoxy) is 2. The van der Waals surface area contributed by atoms with Gasteiger partial charge >= 0.3 is 5.97 Å². The van der Waals surface area contributed by atoms with Gasteiger partial charge in [-0.2, -0.15) is 0 Å². The van der Waals surface area contributed by atoms with E-state index >= 15 is 0 Å². The van der Waals surface area contributed by atoms with Gasteiger partial charge in [-0.3, -0.25) is 0 Å². The Morgan fingerprint density at radius 3 is 2.84 bits per heavy atom. The van der Waals surface area contributed by atoms with E-state index in [1.54, 1.807) is 19.2 Å². The molecule has 0 aliphatic carbocycles. The summed E-state index contributed by atoms with van der Waals surface area (Å²) < 4.78 is 10.2. The van der Waals surface area contributed by atoms with Crippen LogP contribution in [0.3, 0.4) is 0 Å². The van der Waals surface area contributed by atoms with Crippen LogP contribution in [0.2, 0.25) is 0 Å². The lowest BCUT2D eigenvalue weighted by Crippen LogP contribution is -2.11. The van der Waals surface area contributed by atoms with Crippen molar-refractivity contribution >= 4 is 17.3 Å². The van der Waals surface area contributed by atoms with E-state index in [4.69, 9.17) is 20.3 Å². The number of hydrogen-bond acceptors (Lipinski definition) is 5. The van der Waals surface area contributed by atoms with Gasteiger partial charge in [0.05, 0.1) is 24.5 Å². The molecule has 0 aliphatic heterocycles. The van der Waals surface area contributed by atoms with Crippen molar-refractivity contribution in [2.24, 2.45) is 0 Å². The second-order valence-electron chi connectivity index (χ2n) is 4.00. The summed E-state index contributed by atoms with van der Waals surface area (Å²) in [6.07, 6.45) is 0.775. The number of benzene rings is 1. The number of nitrogens with one attached hydrogen (secondary N) is 1. The first-order valence-corrected chi connectivity index (χ1v) is 6.08. The van der Waals surface area contributed by atoms with Gasteiger partial charge in [0.25, 0.3) is 0 Å². The quantitative estimate of drug-likeness (QED) is 0.463. The number of rotatable bonds is 9. The van der Waals surface area contributed by atoms with E-state index in [1.807, 2.05) is 0 Å². The summed E-state index contributed by atoms with van der Waals surface area (Å²) in [4.78, 5) is 11.0. The highest BCUT2D eigenvalue weighted by atomic mass is 16.5. The summed E-state index contributed by atoms with van der Waals surface area (Å²) in [7, 11) is 1.62. The van der Waals surface area contributed by atoms with Gasteiger partial charge in [-0.25, -0.2) is 4.79 Å². The van der Waals surface area contributed by atoms with E-state index in [2.05, 4.69) is 5.32 Å². The van der Waals surface area contributed by atoms with Crippen LogP contribution in [0.5, 0.6) is 0 Å². The molecule has 19 heavy (non-hydrogen) atoms. The lowest BCUT2D eigenvalue weighted by molar-refractivity contribution is 0.0697. The summed E-state index contributed by atoms with van der Waals surface area (Å²) in [5.74, 6) is -0.973. The number of hydrogen-bond donors (Lipinski definition) is 3. The number of nitrogen functional groups attached to an aromatic ring is 1. The van der Waals surface area contributed by atoms with Crippen LogP contribution in [0.25, 0.3) is 0 Å². The predicted octanol–water partition coefficient (Wildman–Crippen LogP) is 1.43. The van der Waals surface area contributed by atoms with E-state index < -0.39 is 5.97 Å². The molecule has 0 heterocycles. The lowest BCUT2D eigenvalue weighted by atomic mass is 10.1. The average molecular weight is 268 g/mol. The number of aromatic carboxylic acids is 1. The average Bonchev–Trinajstić information content (AvgIpc) is 2.37. The Labute approximate surface area is 112 Å². The molecule has 0 saturated heterocycles. The summed E-state index contributed by atoms with van der Waals surface area (Å²) in [5.41, 5.74) is 6.92. The summed E-state index contributed by atoms with van der Waals surface area (Å²) in [5, 5.41) is 12.1. The second kappa shape index (κ2) is 8.34. The first kappa shape index (κ1) is 15.3. The van der Waals surface area contributed by atoms with Gasteiger partial charge in [0.1, 0.15) is 0 Å². The molecule has 6 nitrogen and oxygen atoms in total. The van der Waals surface area contributed by atoms with Crippen molar-refractivity contribution in [3.8, 4) is 0 Å². The Morgan fingerprint density at radius 2 is 2.16 bits per heavy atom. The predicted molar refractivity (Wildman–Crippen MR) is 73.6 cm³/mol. The summed E-state index contributed by atoms with van der Waals surface area (Å²) in [6, 6.07) is 4.69. The monoisotopic (exact) mass is 268 g/mol. The van der Waals surface area contributed by atoms with Crippen molar-refractivity contribution in [1.82, 2.24) is 0 Å². The minimum Gasteiger partial charge on any atom is -0.478 e. The smallest absolute Gasteiger partial charge is 0.337 e. The topological polar surface area (TPSA) is 93.8 Å². The van der Waals surface area contributed by atoms with Crippen molar-refractivity contribution in [3.05, 3.63) is 23.8 Å². The van der Waals surface area contributed by atoms with E-state index in [-0.39, 0.29) is 5.56 Å². The first-order valence-electron chi connectivity index (χ1n) is 6.08. The number of carboxylic acids is 1. The summed E-state index contributed by atoms with van der Waals surface area (Å²) >= 11 is 0. The zero-order chi connectivity index (χ0) is 14.1. The third-order valence-corrected chi connectivity index (χ3v) is 2.49. The molecule has 106 valence electrons. The SMILES string of the molecule is COCCOCCCNc1cc(N)ccc1C(=O)O. The van der Waals surface area contributed by atoms with E-state index in [0.29, 0.717) is 37.7 Å².